The van der Waals surface area contributed by atoms with E-state index in [0.29, 0.717) is 16.7 Å². The molecule has 0 radical (unpaired) electrons. The van der Waals surface area contributed by atoms with E-state index in [9.17, 15) is 4.79 Å². The number of hydrogen-bond acceptors (Lipinski definition) is 2. The maximum absolute atomic E-state index is 11.7. The van der Waals surface area contributed by atoms with Gasteiger partial charge in [-0.2, -0.15) is 0 Å². The molecule has 0 saturated heterocycles. The van der Waals surface area contributed by atoms with Crippen LogP contribution in [0.2, 0.25) is 10.0 Å². The van der Waals surface area contributed by atoms with Crippen molar-refractivity contribution in [3.8, 4) is 0 Å². The lowest BCUT2D eigenvalue weighted by Crippen LogP contribution is -2.03. The molecule has 0 unspecified atom stereocenters. The SMILES string of the molecule is O=C(/C=C/c1ccc(Cl)cc1)OCCCc1c[nH]c2ccc(Cl)cc12. The topological polar surface area (TPSA) is 42.1 Å². The third-order valence-electron chi connectivity index (χ3n) is 3.85. The summed E-state index contributed by atoms with van der Waals surface area (Å²) in [5.41, 5.74) is 3.13. The summed E-state index contributed by atoms with van der Waals surface area (Å²) < 4.78 is 5.23. The van der Waals surface area contributed by atoms with Gasteiger partial charge in [0.05, 0.1) is 6.61 Å². The Kier molecular flexibility index (Phi) is 5.79. The fraction of sp³-hybridized carbons (Fsp3) is 0.150. The van der Waals surface area contributed by atoms with Gasteiger partial charge in [-0.25, -0.2) is 4.79 Å². The monoisotopic (exact) mass is 373 g/mol. The number of benzene rings is 2. The standard InChI is InChI=1S/C20H17Cl2NO2/c21-16-6-3-14(4-7-16)5-10-20(24)25-11-1-2-15-13-23-19-9-8-17(22)12-18(15)19/h3-10,12-13,23H,1-2,11H2/b10-5+. The van der Waals surface area contributed by atoms with Crippen molar-refractivity contribution in [3.63, 3.8) is 0 Å². The number of aromatic nitrogens is 1. The molecule has 1 heterocycles. The Bertz CT molecular complexity index is 898. The molecular formula is C20H17Cl2NO2. The second kappa shape index (κ2) is 8.24. The van der Waals surface area contributed by atoms with Crippen LogP contribution in [0, 0.1) is 0 Å². The lowest BCUT2D eigenvalue weighted by atomic mass is 10.1. The summed E-state index contributed by atoms with van der Waals surface area (Å²) in [5, 5.41) is 2.49. The van der Waals surface area contributed by atoms with Crippen molar-refractivity contribution in [2.24, 2.45) is 0 Å². The number of nitrogens with one attached hydrogen (secondary N) is 1. The average molecular weight is 374 g/mol. The van der Waals surface area contributed by atoms with Gasteiger partial charge in [0.15, 0.2) is 0 Å². The molecule has 1 aromatic heterocycles. The zero-order valence-electron chi connectivity index (χ0n) is 13.5. The molecule has 0 amide bonds. The highest BCUT2D eigenvalue weighted by atomic mass is 35.5. The van der Waals surface area contributed by atoms with Gasteiger partial charge < -0.3 is 9.72 Å². The average Bonchev–Trinajstić information content (AvgIpc) is 3.00. The molecule has 1 N–H and O–H groups in total. The second-order valence-electron chi connectivity index (χ2n) is 5.66. The number of carbonyl (C=O) groups is 1. The van der Waals surface area contributed by atoms with Crippen LogP contribution in [0.1, 0.15) is 17.5 Å². The molecule has 0 bridgehead atoms. The second-order valence-corrected chi connectivity index (χ2v) is 6.53. The summed E-state index contributed by atoms with van der Waals surface area (Å²) in [6, 6.07) is 13.0. The van der Waals surface area contributed by atoms with Crippen molar-refractivity contribution >= 4 is 46.2 Å². The number of carbonyl (C=O) groups excluding carboxylic acids is 1. The number of aromatic amines is 1. The van der Waals surface area contributed by atoms with Crippen LogP contribution in [-0.4, -0.2) is 17.6 Å². The molecular weight excluding hydrogens is 357 g/mol. The molecule has 3 rings (SSSR count). The van der Waals surface area contributed by atoms with Crippen LogP contribution >= 0.6 is 23.2 Å². The number of hydrogen-bond donors (Lipinski definition) is 1. The molecule has 25 heavy (non-hydrogen) atoms. The third-order valence-corrected chi connectivity index (χ3v) is 4.33. The Labute approximate surface area is 156 Å². The molecule has 0 fully saturated rings. The normalized spacial score (nSPS) is 11.3. The molecule has 2 aromatic carbocycles. The Morgan fingerprint density at radius 3 is 2.64 bits per heavy atom. The van der Waals surface area contributed by atoms with Gasteiger partial charge in [-0.05, 0) is 60.4 Å². The van der Waals surface area contributed by atoms with Crippen LogP contribution < -0.4 is 0 Å². The van der Waals surface area contributed by atoms with Crippen LogP contribution in [-0.2, 0) is 16.0 Å². The van der Waals surface area contributed by atoms with Gasteiger partial charge in [0.25, 0.3) is 0 Å². The quantitative estimate of drug-likeness (QED) is 0.343. The minimum atomic E-state index is -0.350. The van der Waals surface area contributed by atoms with E-state index >= 15 is 0 Å². The first-order valence-corrected chi connectivity index (χ1v) is 8.73. The van der Waals surface area contributed by atoms with Crippen LogP contribution in [0.5, 0.6) is 0 Å². The highest BCUT2D eigenvalue weighted by Gasteiger charge is 2.05. The number of aryl methyl sites for hydroxylation is 1. The van der Waals surface area contributed by atoms with Gasteiger partial charge in [0, 0.05) is 33.2 Å². The molecule has 3 nitrogen and oxygen atoms in total. The molecule has 0 spiro atoms. The van der Waals surface area contributed by atoms with E-state index in [2.05, 4.69) is 4.98 Å². The summed E-state index contributed by atoms with van der Waals surface area (Å²) in [4.78, 5) is 15.0. The maximum atomic E-state index is 11.7. The fourth-order valence-electron chi connectivity index (χ4n) is 2.58. The van der Waals surface area contributed by atoms with Gasteiger partial charge >= 0.3 is 5.97 Å². The number of halogens is 2. The minimum Gasteiger partial charge on any atom is -0.463 e. The van der Waals surface area contributed by atoms with Crippen molar-refractivity contribution in [1.82, 2.24) is 4.98 Å². The lowest BCUT2D eigenvalue weighted by Gasteiger charge is -2.02. The van der Waals surface area contributed by atoms with Crippen LogP contribution in [0.4, 0.5) is 0 Å². The highest BCUT2D eigenvalue weighted by Crippen LogP contribution is 2.23. The largest absolute Gasteiger partial charge is 0.463 e. The Morgan fingerprint density at radius 1 is 1.08 bits per heavy atom. The molecule has 0 aliphatic rings. The van der Waals surface area contributed by atoms with Gasteiger partial charge in [-0.15, -0.1) is 0 Å². The first kappa shape index (κ1) is 17.6. The van der Waals surface area contributed by atoms with E-state index in [1.54, 1.807) is 18.2 Å². The molecule has 0 aliphatic carbocycles. The van der Waals surface area contributed by atoms with Crippen molar-refractivity contribution in [2.75, 3.05) is 6.61 Å². The predicted molar refractivity (Wildman–Crippen MR) is 103 cm³/mol. The van der Waals surface area contributed by atoms with Gasteiger partial charge in [-0.1, -0.05) is 35.3 Å². The number of rotatable bonds is 6. The van der Waals surface area contributed by atoms with E-state index in [1.165, 1.54) is 11.6 Å². The number of fused-ring (bicyclic) bond motifs is 1. The first-order chi connectivity index (χ1) is 12.1. The summed E-state index contributed by atoms with van der Waals surface area (Å²) in [7, 11) is 0. The summed E-state index contributed by atoms with van der Waals surface area (Å²) >= 11 is 11.9. The molecule has 3 aromatic rings. The Morgan fingerprint density at radius 2 is 1.84 bits per heavy atom. The number of H-pyrrole nitrogens is 1. The summed E-state index contributed by atoms with van der Waals surface area (Å²) in [6.45, 7) is 0.372. The van der Waals surface area contributed by atoms with Crippen LogP contribution in [0.15, 0.2) is 54.7 Å². The zero-order valence-corrected chi connectivity index (χ0v) is 15.0. The van der Waals surface area contributed by atoms with Gasteiger partial charge in [0.2, 0.25) is 0 Å². The van der Waals surface area contributed by atoms with E-state index in [1.807, 2.05) is 36.5 Å². The van der Waals surface area contributed by atoms with Crippen LogP contribution in [0.25, 0.3) is 17.0 Å². The molecule has 5 heteroatoms. The number of esters is 1. The van der Waals surface area contributed by atoms with Crippen LogP contribution in [0.3, 0.4) is 0 Å². The van der Waals surface area contributed by atoms with Crippen molar-refractivity contribution < 1.29 is 9.53 Å². The van der Waals surface area contributed by atoms with Crippen molar-refractivity contribution in [3.05, 3.63) is 75.9 Å². The Hall–Kier alpha value is -2.23. The smallest absolute Gasteiger partial charge is 0.330 e. The molecule has 128 valence electrons. The number of ether oxygens (including phenoxy) is 1. The fourth-order valence-corrected chi connectivity index (χ4v) is 2.88. The van der Waals surface area contributed by atoms with E-state index in [-0.39, 0.29) is 5.97 Å². The van der Waals surface area contributed by atoms with E-state index < -0.39 is 0 Å². The highest BCUT2D eigenvalue weighted by molar-refractivity contribution is 6.31. The maximum Gasteiger partial charge on any atom is 0.330 e. The predicted octanol–water partition coefficient (Wildman–Crippen LogP) is 5.66. The Balaban J connectivity index is 1.46. The van der Waals surface area contributed by atoms with Gasteiger partial charge in [-0.3, -0.25) is 0 Å². The summed E-state index contributed by atoms with van der Waals surface area (Å²) in [5.74, 6) is -0.350. The molecule has 0 atom stereocenters. The first-order valence-electron chi connectivity index (χ1n) is 7.98. The minimum absolute atomic E-state index is 0.350. The van der Waals surface area contributed by atoms with Crippen molar-refractivity contribution in [2.45, 2.75) is 12.8 Å². The molecule has 0 aliphatic heterocycles. The lowest BCUT2D eigenvalue weighted by molar-refractivity contribution is -0.137. The van der Waals surface area contributed by atoms with E-state index in [0.717, 1.165) is 29.3 Å². The van der Waals surface area contributed by atoms with E-state index in [4.69, 9.17) is 27.9 Å². The molecule has 0 saturated carbocycles. The van der Waals surface area contributed by atoms with Gasteiger partial charge in [0.1, 0.15) is 0 Å². The zero-order chi connectivity index (χ0) is 17.6. The third kappa shape index (κ3) is 4.88. The summed E-state index contributed by atoms with van der Waals surface area (Å²) in [6.07, 6.45) is 6.67. The van der Waals surface area contributed by atoms with Crippen molar-refractivity contribution in [1.29, 1.82) is 0 Å².